The number of ether oxygens (including phenoxy) is 1. The van der Waals surface area contributed by atoms with Gasteiger partial charge in [0.2, 0.25) is 0 Å². The summed E-state index contributed by atoms with van der Waals surface area (Å²) in [6, 6.07) is 8.31. The Bertz CT molecular complexity index is 635. The molecule has 0 bridgehead atoms. The molecule has 1 unspecified atom stereocenters. The van der Waals surface area contributed by atoms with Gasteiger partial charge >= 0.3 is 6.61 Å². The summed E-state index contributed by atoms with van der Waals surface area (Å²) in [6.45, 7) is -2.90. The molecule has 112 valence electrons. The molecular formula is C14H8BrCl2F3O. The van der Waals surface area contributed by atoms with Gasteiger partial charge < -0.3 is 4.74 Å². The Balaban J connectivity index is 2.27. The normalized spacial score (nSPS) is 12.5. The molecule has 0 radical (unpaired) electrons. The lowest BCUT2D eigenvalue weighted by Crippen LogP contribution is -2.02. The Morgan fingerprint density at radius 2 is 1.71 bits per heavy atom. The fourth-order valence-electron chi connectivity index (χ4n) is 1.73. The lowest BCUT2D eigenvalue weighted by atomic mass is 10.0. The van der Waals surface area contributed by atoms with E-state index >= 15 is 0 Å². The SMILES string of the molecule is Fc1cc(Br)c(Cl)cc1C(Cl)c1ccc(OC(F)F)cc1. The molecule has 2 aromatic carbocycles. The molecule has 0 N–H and O–H groups in total. The van der Waals surface area contributed by atoms with Crippen LogP contribution in [0.3, 0.4) is 0 Å². The molecule has 0 aliphatic carbocycles. The summed E-state index contributed by atoms with van der Waals surface area (Å²) >= 11 is 15.3. The third-order valence-electron chi connectivity index (χ3n) is 2.71. The summed E-state index contributed by atoms with van der Waals surface area (Å²) in [5.41, 5.74) is 0.739. The Labute approximate surface area is 137 Å². The summed E-state index contributed by atoms with van der Waals surface area (Å²) in [4.78, 5) is 0. The molecule has 21 heavy (non-hydrogen) atoms. The van der Waals surface area contributed by atoms with E-state index in [4.69, 9.17) is 23.2 Å². The van der Waals surface area contributed by atoms with Crippen molar-refractivity contribution >= 4 is 39.1 Å². The van der Waals surface area contributed by atoms with Gasteiger partial charge in [0.05, 0.1) is 10.4 Å². The first kappa shape index (κ1) is 16.5. The van der Waals surface area contributed by atoms with E-state index in [1.165, 1.54) is 36.4 Å². The highest BCUT2D eigenvalue weighted by atomic mass is 79.9. The van der Waals surface area contributed by atoms with Crippen molar-refractivity contribution in [1.82, 2.24) is 0 Å². The van der Waals surface area contributed by atoms with Crippen molar-refractivity contribution in [2.24, 2.45) is 0 Å². The average molecular weight is 400 g/mol. The Kier molecular flexibility index (Phi) is 5.41. The first-order chi connectivity index (χ1) is 9.88. The van der Waals surface area contributed by atoms with Crippen LogP contribution in [-0.4, -0.2) is 6.61 Å². The zero-order valence-electron chi connectivity index (χ0n) is 10.3. The minimum atomic E-state index is -2.90. The summed E-state index contributed by atoms with van der Waals surface area (Å²) in [5, 5.41) is -0.467. The van der Waals surface area contributed by atoms with Crippen LogP contribution in [0.1, 0.15) is 16.5 Å². The molecule has 7 heteroatoms. The van der Waals surface area contributed by atoms with E-state index in [-0.39, 0.29) is 11.3 Å². The molecular weight excluding hydrogens is 392 g/mol. The van der Waals surface area contributed by atoms with Crippen LogP contribution >= 0.6 is 39.1 Å². The van der Waals surface area contributed by atoms with Gasteiger partial charge in [-0.05, 0) is 45.8 Å². The molecule has 0 saturated carbocycles. The molecule has 0 heterocycles. The minimum Gasteiger partial charge on any atom is -0.435 e. The monoisotopic (exact) mass is 398 g/mol. The standard InChI is InChI=1S/C14H8BrCl2F3O/c15-10-6-12(18)9(5-11(10)16)13(17)7-1-3-8(4-2-7)21-14(19)20/h1-6,13-14H. The van der Waals surface area contributed by atoms with Crippen LogP contribution in [0.2, 0.25) is 5.02 Å². The molecule has 0 aliphatic heterocycles. The van der Waals surface area contributed by atoms with Crippen molar-refractivity contribution in [1.29, 1.82) is 0 Å². The van der Waals surface area contributed by atoms with Crippen molar-refractivity contribution in [2.45, 2.75) is 12.0 Å². The van der Waals surface area contributed by atoms with E-state index in [0.717, 1.165) is 0 Å². The molecule has 0 amide bonds. The largest absolute Gasteiger partial charge is 0.435 e. The summed E-state index contributed by atoms with van der Waals surface area (Å²) < 4.78 is 42.7. The Morgan fingerprint density at radius 3 is 2.29 bits per heavy atom. The van der Waals surface area contributed by atoms with Crippen LogP contribution in [-0.2, 0) is 0 Å². The van der Waals surface area contributed by atoms with Gasteiger partial charge in [0.15, 0.2) is 0 Å². The van der Waals surface area contributed by atoms with Gasteiger partial charge in [-0.1, -0.05) is 23.7 Å². The van der Waals surface area contributed by atoms with E-state index in [0.29, 0.717) is 15.1 Å². The number of alkyl halides is 3. The minimum absolute atomic E-state index is 0.00641. The maximum atomic E-state index is 13.9. The summed E-state index contributed by atoms with van der Waals surface area (Å²) in [5.74, 6) is -0.508. The number of benzene rings is 2. The van der Waals surface area contributed by atoms with Crippen LogP contribution in [0.5, 0.6) is 5.75 Å². The first-order valence-electron chi connectivity index (χ1n) is 5.71. The van der Waals surface area contributed by atoms with E-state index in [1.54, 1.807) is 0 Å². The van der Waals surface area contributed by atoms with Gasteiger partial charge in [0.1, 0.15) is 11.6 Å². The molecule has 0 spiro atoms. The summed E-state index contributed by atoms with van der Waals surface area (Å²) in [6.07, 6.45) is 0. The predicted octanol–water partition coefficient (Wildman–Crippen LogP) is 6.17. The molecule has 0 saturated heterocycles. The molecule has 2 rings (SSSR count). The van der Waals surface area contributed by atoms with Gasteiger partial charge in [-0.2, -0.15) is 8.78 Å². The van der Waals surface area contributed by atoms with Crippen LogP contribution in [0, 0.1) is 5.82 Å². The number of rotatable bonds is 4. The van der Waals surface area contributed by atoms with Crippen LogP contribution < -0.4 is 4.74 Å². The van der Waals surface area contributed by atoms with Gasteiger partial charge in [-0.25, -0.2) is 4.39 Å². The van der Waals surface area contributed by atoms with Gasteiger partial charge in [0.25, 0.3) is 0 Å². The maximum absolute atomic E-state index is 13.9. The Morgan fingerprint density at radius 1 is 1.10 bits per heavy atom. The van der Waals surface area contributed by atoms with Crippen LogP contribution in [0.15, 0.2) is 40.9 Å². The second-order valence-electron chi connectivity index (χ2n) is 4.10. The third-order valence-corrected chi connectivity index (χ3v) is 4.39. The van der Waals surface area contributed by atoms with Gasteiger partial charge in [-0.3, -0.25) is 0 Å². The van der Waals surface area contributed by atoms with Gasteiger partial charge in [0, 0.05) is 10.0 Å². The number of halogens is 6. The second-order valence-corrected chi connectivity index (χ2v) is 5.80. The zero-order chi connectivity index (χ0) is 15.6. The second kappa shape index (κ2) is 6.90. The van der Waals surface area contributed by atoms with Crippen molar-refractivity contribution in [3.05, 3.63) is 62.8 Å². The summed E-state index contributed by atoms with van der Waals surface area (Å²) in [7, 11) is 0. The van der Waals surface area contributed by atoms with E-state index in [2.05, 4.69) is 20.7 Å². The Hall–Kier alpha value is -0.910. The lowest BCUT2D eigenvalue weighted by Gasteiger charge is -2.13. The highest BCUT2D eigenvalue weighted by molar-refractivity contribution is 9.10. The molecule has 1 nitrogen and oxygen atoms in total. The molecule has 1 atom stereocenters. The van der Waals surface area contributed by atoms with Crippen molar-refractivity contribution in [2.75, 3.05) is 0 Å². The fraction of sp³-hybridized carbons (Fsp3) is 0.143. The molecule has 0 fully saturated rings. The topological polar surface area (TPSA) is 9.23 Å². The predicted molar refractivity (Wildman–Crippen MR) is 79.9 cm³/mol. The van der Waals surface area contributed by atoms with Crippen molar-refractivity contribution in [3.8, 4) is 5.75 Å². The highest BCUT2D eigenvalue weighted by Gasteiger charge is 2.17. The zero-order valence-corrected chi connectivity index (χ0v) is 13.4. The van der Waals surface area contributed by atoms with Crippen LogP contribution in [0.25, 0.3) is 0 Å². The first-order valence-corrected chi connectivity index (χ1v) is 7.32. The third kappa shape index (κ3) is 4.05. The maximum Gasteiger partial charge on any atom is 0.387 e. The van der Waals surface area contributed by atoms with Gasteiger partial charge in [-0.15, -0.1) is 11.6 Å². The fourth-order valence-corrected chi connectivity index (χ4v) is 2.53. The smallest absolute Gasteiger partial charge is 0.387 e. The van der Waals surface area contributed by atoms with E-state index < -0.39 is 17.8 Å². The number of hydrogen-bond donors (Lipinski definition) is 0. The highest BCUT2D eigenvalue weighted by Crippen LogP contribution is 2.35. The molecule has 0 aliphatic rings. The molecule has 2 aromatic rings. The number of hydrogen-bond acceptors (Lipinski definition) is 1. The average Bonchev–Trinajstić information content (AvgIpc) is 2.42. The lowest BCUT2D eigenvalue weighted by molar-refractivity contribution is -0.0498. The van der Waals surface area contributed by atoms with Crippen molar-refractivity contribution in [3.63, 3.8) is 0 Å². The van der Waals surface area contributed by atoms with Crippen LogP contribution in [0.4, 0.5) is 13.2 Å². The quantitative estimate of drug-likeness (QED) is 0.441. The molecule has 0 aromatic heterocycles. The van der Waals surface area contributed by atoms with Crippen molar-refractivity contribution < 1.29 is 17.9 Å². The van der Waals surface area contributed by atoms with E-state index in [1.807, 2.05) is 0 Å². The van der Waals surface area contributed by atoms with E-state index in [9.17, 15) is 13.2 Å².